The minimum absolute atomic E-state index is 0.109. The van der Waals surface area contributed by atoms with Gasteiger partial charge >= 0.3 is 5.97 Å². The van der Waals surface area contributed by atoms with Crippen molar-refractivity contribution < 1.29 is 18.3 Å². The average molecular weight is 549 g/mol. The van der Waals surface area contributed by atoms with E-state index in [4.69, 9.17) is 0 Å². The van der Waals surface area contributed by atoms with Gasteiger partial charge in [0.1, 0.15) is 16.2 Å². The van der Waals surface area contributed by atoms with Crippen LogP contribution in [0.25, 0.3) is 11.0 Å². The summed E-state index contributed by atoms with van der Waals surface area (Å²) >= 11 is 0. The molecule has 1 aliphatic rings. The lowest BCUT2D eigenvalue weighted by Gasteiger charge is -2.24. The Labute approximate surface area is 227 Å². The van der Waals surface area contributed by atoms with Crippen molar-refractivity contribution in [3.63, 3.8) is 0 Å². The maximum absolute atomic E-state index is 13.7. The van der Waals surface area contributed by atoms with E-state index in [0.717, 1.165) is 38.9 Å². The number of carboxylic acid groups (broad SMARTS) is 1. The van der Waals surface area contributed by atoms with Crippen LogP contribution in [0.15, 0.2) is 53.6 Å². The number of carboxylic acids is 1. The van der Waals surface area contributed by atoms with Crippen molar-refractivity contribution in [3.05, 3.63) is 76.5 Å². The number of carbonyl (C=O) groups is 1. The summed E-state index contributed by atoms with van der Waals surface area (Å²) in [4.78, 5) is 18.5. The summed E-state index contributed by atoms with van der Waals surface area (Å²) in [7, 11) is -1.97. The number of benzene rings is 2. The standard InChI is InChI=1S/C28H32N6O4S/c1-5-33-13-14-34(39(37,38)25-7-6-12-29-28(25)33)17-21-15-20(9-8-18(21)2)23(16-26(35)36)22-10-11-24-27(19(22)3)30-31-32(24)4/h6-12,15,23H,5,13-14,16-17H2,1-4H3,(H,35,36). The number of rotatable bonds is 7. The van der Waals surface area contributed by atoms with E-state index < -0.39 is 21.9 Å². The van der Waals surface area contributed by atoms with Crippen LogP contribution < -0.4 is 4.90 Å². The molecule has 2 aromatic heterocycles. The molecule has 3 heterocycles. The van der Waals surface area contributed by atoms with Gasteiger partial charge in [0.25, 0.3) is 0 Å². The first kappa shape index (κ1) is 26.8. The third-order valence-electron chi connectivity index (χ3n) is 7.62. The van der Waals surface area contributed by atoms with Crippen molar-refractivity contribution in [2.75, 3.05) is 24.5 Å². The van der Waals surface area contributed by atoms with Gasteiger partial charge < -0.3 is 10.0 Å². The molecule has 0 radical (unpaired) electrons. The quantitative estimate of drug-likeness (QED) is 0.372. The molecular weight excluding hydrogens is 516 g/mol. The Balaban J connectivity index is 1.55. The number of hydrogen-bond donors (Lipinski definition) is 1. The van der Waals surface area contributed by atoms with E-state index in [0.29, 0.717) is 25.5 Å². The molecule has 0 bridgehead atoms. The number of nitrogens with zero attached hydrogens (tertiary/aromatic N) is 6. The van der Waals surface area contributed by atoms with Gasteiger partial charge in [-0.3, -0.25) is 4.79 Å². The van der Waals surface area contributed by atoms with Crippen LogP contribution >= 0.6 is 0 Å². The second-order valence-corrected chi connectivity index (χ2v) is 11.8. The normalized spacial score (nSPS) is 16.2. The van der Waals surface area contributed by atoms with Crippen molar-refractivity contribution in [3.8, 4) is 0 Å². The van der Waals surface area contributed by atoms with E-state index in [1.54, 1.807) is 23.0 Å². The van der Waals surface area contributed by atoms with E-state index in [2.05, 4.69) is 15.3 Å². The largest absolute Gasteiger partial charge is 0.481 e. The summed E-state index contributed by atoms with van der Waals surface area (Å²) in [5.41, 5.74) is 5.94. The van der Waals surface area contributed by atoms with Crippen molar-refractivity contribution in [2.45, 2.75) is 44.6 Å². The molecule has 0 amide bonds. The Hall–Kier alpha value is -3.83. The number of anilines is 1. The fourth-order valence-electron chi connectivity index (χ4n) is 5.37. The van der Waals surface area contributed by atoms with Gasteiger partial charge in [-0.25, -0.2) is 18.1 Å². The van der Waals surface area contributed by atoms with Gasteiger partial charge in [0.15, 0.2) is 0 Å². The topological polar surface area (TPSA) is 122 Å². The van der Waals surface area contributed by atoms with Crippen LogP contribution in [0.1, 0.15) is 47.1 Å². The lowest BCUT2D eigenvalue weighted by molar-refractivity contribution is -0.137. The number of aliphatic carboxylic acids is 1. The minimum Gasteiger partial charge on any atom is -0.481 e. The Morgan fingerprint density at radius 3 is 2.67 bits per heavy atom. The van der Waals surface area contributed by atoms with Crippen molar-refractivity contribution >= 4 is 32.8 Å². The van der Waals surface area contributed by atoms with Crippen LogP contribution in [-0.2, 0) is 28.4 Å². The third-order valence-corrected chi connectivity index (χ3v) is 9.49. The Bertz CT molecular complexity index is 1670. The zero-order valence-corrected chi connectivity index (χ0v) is 23.3. The fourth-order valence-corrected chi connectivity index (χ4v) is 6.94. The number of sulfonamides is 1. The molecule has 204 valence electrons. The Kier molecular flexibility index (Phi) is 7.13. The molecule has 1 unspecified atom stereocenters. The summed E-state index contributed by atoms with van der Waals surface area (Å²) in [5, 5.41) is 18.2. The SMILES string of the molecule is CCN1CCN(Cc2cc(C(CC(=O)O)c3ccc4c(nnn4C)c3C)ccc2C)S(=O)(=O)c2cccnc21. The lowest BCUT2D eigenvalue weighted by atomic mass is 9.84. The molecule has 4 aromatic rings. The predicted octanol–water partition coefficient (Wildman–Crippen LogP) is 3.62. The van der Waals surface area contributed by atoms with Crippen LogP contribution in [0.3, 0.4) is 0 Å². The maximum atomic E-state index is 13.7. The second-order valence-electron chi connectivity index (χ2n) is 9.94. The molecule has 1 atom stereocenters. The molecule has 0 saturated heterocycles. The lowest BCUT2D eigenvalue weighted by Crippen LogP contribution is -2.34. The van der Waals surface area contributed by atoms with E-state index in [-0.39, 0.29) is 17.9 Å². The van der Waals surface area contributed by atoms with E-state index in [1.165, 1.54) is 4.31 Å². The van der Waals surface area contributed by atoms with Crippen LogP contribution in [0.4, 0.5) is 5.82 Å². The number of aromatic nitrogens is 4. The molecule has 1 aliphatic heterocycles. The molecule has 39 heavy (non-hydrogen) atoms. The fraction of sp³-hybridized carbons (Fsp3) is 0.357. The highest BCUT2D eigenvalue weighted by Gasteiger charge is 2.33. The zero-order valence-electron chi connectivity index (χ0n) is 22.5. The summed E-state index contributed by atoms with van der Waals surface area (Å²) in [6.45, 7) is 7.53. The minimum atomic E-state index is -3.79. The van der Waals surface area contributed by atoms with Crippen LogP contribution in [-0.4, -0.2) is 63.4 Å². The van der Waals surface area contributed by atoms with Crippen LogP contribution in [0.2, 0.25) is 0 Å². The van der Waals surface area contributed by atoms with Crippen molar-refractivity contribution in [1.82, 2.24) is 24.3 Å². The molecule has 0 aliphatic carbocycles. The highest BCUT2D eigenvalue weighted by atomic mass is 32.2. The predicted molar refractivity (Wildman–Crippen MR) is 148 cm³/mol. The molecule has 11 heteroatoms. The van der Waals surface area contributed by atoms with E-state index in [9.17, 15) is 18.3 Å². The molecule has 5 rings (SSSR count). The van der Waals surface area contributed by atoms with Gasteiger partial charge in [-0.05, 0) is 66.8 Å². The number of pyridine rings is 1. The smallest absolute Gasteiger partial charge is 0.304 e. The third kappa shape index (κ3) is 4.87. The summed E-state index contributed by atoms with van der Waals surface area (Å²) in [5.74, 6) is -0.876. The van der Waals surface area contributed by atoms with Gasteiger partial charge in [0, 0.05) is 45.3 Å². The highest BCUT2D eigenvalue weighted by Crippen LogP contribution is 2.35. The van der Waals surface area contributed by atoms with Crippen LogP contribution in [0, 0.1) is 13.8 Å². The Morgan fingerprint density at radius 1 is 1.13 bits per heavy atom. The van der Waals surface area contributed by atoms with Gasteiger partial charge in [-0.15, -0.1) is 5.10 Å². The van der Waals surface area contributed by atoms with Crippen molar-refractivity contribution in [2.24, 2.45) is 7.05 Å². The monoisotopic (exact) mass is 548 g/mol. The molecule has 10 nitrogen and oxygen atoms in total. The van der Waals surface area contributed by atoms with Gasteiger partial charge in [0.05, 0.1) is 11.9 Å². The van der Waals surface area contributed by atoms with E-state index >= 15 is 0 Å². The maximum Gasteiger partial charge on any atom is 0.304 e. The molecule has 0 spiro atoms. The highest BCUT2D eigenvalue weighted by molar-refractivity contribution is 7.89. The zero-order chi connectivity index (χ0) is 27.9. The number of likely N-dealkylation sites (N-methyl/N-ethyl adjacent to an activating group) is 1. The molecule has 1 N–H and O–H groups in total. The van der Waals surface area contributed by atoms with Crippen LogP contribution in [0.5, 0.6) is 0 Å². The summed E-state index contributed by atoms with van der Waals surface area (Å²) in [6, 6.07) is 12.9. The first-order chi connectivity index (χ1) is 18.6. The van der Waals surface area contributed by atoms with E-state index in [1.807, 2.05) is 63.1 Å². The Morgan fingerprint density at radius 2 is 1.92 bits per heavy atom. The number of fused-ring (bicyclic) bond motifs is 2. The summed E-state index contributed by atoms with van der Waals surface area (Å²) < 4.78 is 30.6. The van der Waals surface area contributed by atoms with Gasteiger partial charge in [-0.2, -0.15) is 4.31 Å². The second kappa shape index (κ2) is 10.4. The molecule has 0 saturated carbocycles. The van der Waals surface area contributed by atoms with Gasteiger partial charge in [0.2, 0.25) is 10.0 Å². The van der Waals surface area contributed by atoms with Crippen molar-refractivity contribution in [1.29, 1.82) is 0 Å². The molecular formula is C28H32N6O4S. The van der Waals surface area contributed by atoms with Gasteiger partial charge in [-0.1, -0.05) is 29.5 Å². The summed E-state index contributed by atoms with van der Waals surface area (Å²) in [6.07, 6.45) is 1.50. The number of hydrogen-bond acceptors (Lipinski definition) is 7. The molecule has 2 aromatic carbocycles. The molecule has 0 fully saturated rings. The first-order valence-electron chi connectivity index (χ1n) is 12.9. The first-order valence-corrected chi connectivity index (χ1v) is 14.4. The number of aryl methyl sites for hydroxylation is 3. The average Bonchev–Trinajstić information content (AvgIpc) is 3.25.